The fraction of sp³-hybridized carbons (Fsp3) is 0.563. The molecule has 3 aliphatic rings. The van der Waals surface area contributed by atoms with Crippen molar-refractivity contribution in [3.05, 3.63) is 102 Å². The predicted octanol–water partition coefficient (Wildman–Crippen LogP) is -0.293. The van der Waals surface area contributed by atoms with Crippen LogP contribution < -0.4 is 65.1 Å². The second-order valence-electron chi connectivity index (χ2n) is 33.5. The Labute approximate surface area is 721 Å². The van der Waals surface area contributed by atoms with Crippen LogP contribution in [0.25, 0.3) is 21.8 Å². The standard InChI is InChI=1S/C87H125N19O18/c1-11-13-24-68-81(118)97-62(34-48(3)4)78(115)94-45-74(111)93-46-75(112)95-64(36-51-27-29-55(107)30-28-51)83(120)102(8)50(7)76(113)98-66(41-73(90)110)85(122)105-33-19-26-69(105)82(119)101-67(42-89)80(117)99-63(35-49(5)6)86(123)106-47-56(108)40-71(106)72(109)39-52(37-53-43-91-59-22-17-15-20-57(53)59)77(114)96-61(31-32-88)79(116)100-65(38-54-44-92-60-23-18-16-21-58(54)60)84(121)104(10)70(25-14-12-2)87(124)103(68)9/h15-18,20-23,27-30,43-44,48-50,52,56,61-71,91-92,107-108H,11-14,19,24-26,31-42,45-47,88-89H2,1-10H3,(H2,90,110)(H,93,111)(H,94,115)(H,95,112)(H,96,114)(H,97,118)(H,98,113)(H,99,117)(H,100,116)(H,101,119)/t50-,52+,56+,61-,62-,63-,64-,65-,66-,67-,68-,69-,70-,71-/m0/s1. The molecule has 5 heterocycles. The van der Waals surface area contributed by atoms with Crippen LogP contribution >= 0.6 is 0 Å². The summed E-state index contributed by atoms with van der Waals surface area (Å²) in [5.74, 6) is -15.5. The zero-order chi connectivity index (χ0) is 90.9. The summed E-state index contributed by atoms with van der Waals surface area (Å²) in [6.45, 7) is 9.51. The fourth-order valence-corrected chi connectivity index (χ4v) is 16.1. The zero-order valence-electron chi connectivity index (χ0n) is 72.5. The molecule has 19 N–H and O–H groups in total. The lowest BCUT2D eigenvalue weighted by Gasteiger charge is -2.36. The highest BCUT2D eigenvalue weighted by Crippen LogP contribution is 2.30. The third-order valence-electron chi connectivity index (χ3n) is 23.2. The molecular formula is C87H125N19O18. The molecule has 124 heavy (non-hydrogen) atoms. The number of aromatic nitrogens is 2. The number of hydrogen-bond donors (Lipinski definition) is 16. The lowest BCUT2D eigenvalue weighted by molar-refractivity contribution is -0.149. The molecule has 0 unspecified atom stereocenters. The van der Waals surface area contributed by atoms with Crippen LogP contribution in [-0.4, -0.2) is 278 Å². The summed E-state index contributed by atoms with van der Waals surface area (Å²) in [7, 11) is 4.07. The Morgan fingerprint density at radius 1 is 0.508 bits per heavy atom. The van der Waals surface area contributed by atoms with Gasteiger partial charge in [0.15, 0.2) is 5.78 Å². The largest absolute Gasteiger partial charge is 0.508 e. The number of aromatic hydroxyl groups is 1. The van der Waals surface area contributed by atoms with Gasteiger partial charge in [0, 0.05) is 107 Å². The second kappa shape index (κ2) is 46.0. The van der Waals surface area contributed by atoms with Gasteiger partial charge in [-0.3, -0.25) is 76.7 Å². The molecule has 5 aromatic rings. The number of nitrogens with two attached hydrogens (primary N) is 3. The minimum atomic E-state index is -1.73. The van der Waals surface area contributed by atoms with Gasteiger partial charge in [-0.2, -0.15) is 0 Å². The van der Waals surface area contributed by atoms with Gasteiger partial charge in [0.05, 0.1) is 31.7 Å². The molecule has 14 atom stereocenters. The average Bonchev–Trinajstić information content (AvgIpc) is 1.74. The summed E-state index contributed by atoms with van der Waals surface area (Å²) in [5, 5.41) is 46.8. The molecule has 15 amide bonds. The van der Waals surface area contributed by atoms with Crippen molar-refractivity contribution >= 4 is 116 Å². The Morgan fingerprint density at radius 2 is 1.03 bits per heavy atom. The minimum Gasteiger partial charge on any atom is -0.508 e. The summed E-state index contributed by atoms with van der Waals surface area (Å²) in [5.41, 5.74) is 21.1. The number of phenols is 1. The molecule has 0 bridgehead atoms. The van der Waals surface area contributed by atoms with Crippen molar-refractivity contribution in [3.63, 3.8) is 0 Å². The van der Waals surface area contributed by atoms with E-state index in [4.69, 9.17) is 17.2 Å². The number of primary amides is 1. The van der Waals surface area contributed by atoms with Crippen molar-refractivity contribution in [1.82, 2.24) is 82.3 Å². The molecule has 37 heteroatoms. The molecule has 0 radical (unpaired) electrons. The van der Waals surface area contributed by atoms with Gasteiger partial charge in [0.1, 0.15) is 72.2 Å². The van der Waals surface area contributed by atoms with Crippen LogP contribution in [0, 0.1) is 17.8 Å². The average molecular weight is 1730 g/mol. The Kier molecular flexibility index (Phi) is 36.2. The zero-order valence-corrected chi connectivity index (χ0v) is 72.5. The molecule has 2 aromatic heterocycles. The highest BCUT2D eigenvalue weighted by molar-refractivity contribution is 6.02. The number of unbranched alkanes of at least 4 members (excludes halogenated alkanes) is 2. The minimum absolute atomic E-state index is 0.0146. The monoisotopic (exact) mass is 1720 g/mol. The normalized spacial score (nSPS) is 25.5. The van der Waals surface area contributed by atoms with Gasteiger partial charge < -0.3 is 110 Å². The third-order valence-corrected chi connectivity index (χ3v) is 23.2. The van der Waals surface area contributed by atoms with Crippen LogP contribution in [0.5, 0.6) is 5.75 Å². The predicted molar refractivity (Wildman–Crippen MR) is 459 cm³/mol. The van der Waals surface area contributed by atoms with E-state index in [9.17, 15) is 58.2 Å². The topological polar surface area (TPSA) is 548 Å². The van der Waals surface area contributed by atoms with E-state index in [2.05, 4.69) is 57.8 Å². The SMILES string of the molecule is CCCC[C@H]1C(=O)N(C)[C@@H](CCCC)C(=O)N[C@@H](CC(C)C)C(=O)NCC(=O)NCC(=O)N[C@@H](Cc2ccc(O)cc2)C(=O)N(C)[C@@H](C)C(=O)N[C@@H](CC(N)=O)C(=O)N2CCC[C@H]2C(=O)N[C@@H](CN)C(=O)N[C@@H](CC(C)C)C(=O)N2C[C@H](O)C[C@H]2C(=O)C[C@@H](Cc2c[nH]c3ccccc23)C(=O)N[C@@H](CCN)C(=O)N[C@@H](Cc2c[nH]c3ccccc23)C(=O)N1C. The van der Waals surface area contributed by atoms with E-state index in [0.717, 1.165) is 14.7 Å². The maximum atomic E-state index is 15.7. The Bertz CT molecular complexity index is 4630. The molecule has 3 aromatic carbocycles. The number of Topliss-reactive ketones (excluding diaryl/α,β-unsaturated/α-hetero) is 1. The molecule has 3 saturated heterocycles. The highest BCUT2D eigenvalue weighted by Gasteiger charge is 2.46. The number of benzene rings is 3. The van der Waals surface area contributed by atoms with Gasteiger partial charge in [-0.05, 0) is 118 Å². The van der Waals surface area contributed by atoms with Crippen LogP contribution in [0.4, 0.5) is 0 Å². The van der Waals surface area contributed by atoms with Crippen molar-refractivity contribution in [2.24, 2.45) is 35.0 Å². The summed E-state index contributed by atoms with van der Waals surface area (Å²) in [6.07, 6.45) is 2.11. The number of H-pyrrole nitrogens is 2. The summed E-state index contributed by atoms with van der Waals surface area (Å²) in [4.78, 5) is 246. The highest BCUT2D eigenvalue weighted by atomic mass is 16.3. The van der Waals surface area contributed by atoms with Crippen molar-refractivity contribution in [2.45, 2.75) is 236 Å². The Hall–Kier alpha value is -11.9. The molecular weight excluding hydrogens is 1600 g/mol. The fourth-order valence-electron chi connectivity index (χ4n) is 16.1. The first-order valence-electron chi connectivity index (χ1n) is 42.8. The molecule has 3 aliphatic heterocycles. The number of nitrogens with one attached hydrogen (secondary N) is 11. The number of aliphatic hydroxyl groups excluding tert-OH is 1. The van der Waals surface area contributed by atoms with Gasteiger partial charge in [-0.25, -0.2) is 0 Å². The van der Waals surface area contributed by atoms with Crippen LogP contribution in [0.15, 0.2) is 85.2 Å². The Balaban J connectivity index is 1.15. The maximum Gasteiger partial charge on any atom is 0.246 e. The van der Waals surface area contributed by atoms with Crippen LogP contribution in [0.3, 0.4) is 0 Å². The number of aromatic amines is 2. The van der Waals surface area contributed by atoms with Crippen LogP contribution in [-0.2, 0) is 96.0 Å². The lowest BCUT2D eigenvalue weighted by atomic mass is 9.90. The van der Waals surface area contributed by atoms with Gasteiger partial charge in [-0.15, -0.1) is 0 Å². The third kappa shape index (κ3) is 26.3. The van der Waals surface area contributed by atoms with Gasteiger partial charge in [0.25, 0.3) is 0 Å². The molecule has 0 spiro atoms. The number of hydrogen-bond acceptors (Lipinski definition) is 20. The number of para-hydroxylation sites is 2. The van der Waals surface area contributed by atoms with E-state index in [-0.39, 0.29) is 108 Å². The van der Waals surface area contributed by atoms with Crippen LogP contribution in [0.1, 0.15) is 155 Å². The molecule has 3 fully saturated rings. The molecule has 0 saturated carbocycles. The number of aliphatic hydroxyl groups is 1. The first-order chi connectivity index (χ1) is 59.0. The molecule has 676 valence electrons. The molecule has 37 nitrogen and oxygen atoms in total. The number of likely N-dealkylation sites (N-methyl/N-ethyl adjacent to an activating group) is 3. The number of amides is 15. The van der Waals surface area contributed by atoms with Gasteiger partial charge >= 0.3 is 0 Å². The lowest BCUT2D eigenvalue weighted by Crippen LogP contribution is -2.61. The van der Waals surface area contributed by atoms with Crippen molar-refractivity contribution in [3.8, 4) is 5.75 Å². The summed E-state index contributed by atoms with van der Waals surface area (Å²) in [6, 6.07) is 3.00. The number of phenolic OH excluding ortho intramolecular Hbond substituents is 1. The van der Waals surface area contributed by atoms with E-state index in [0.29, 0.717) is 64.2 Å². The number of ketones is 1. The van der Waals surface area contributed by atoms with Gasteiger partial charge in [0.2, 0.25) is 88.6 Å². The van der Waals surface area contributed by atoms with E-state index >= 15 is 28.8 Å². The number of carbonyl (C=O) groups excluding carboxylic acids is 16. The number of carbonyl (C=O) groups is 16. The quantitative estimate of drug-likeness (QED) is 0.0449. The molecule has 8 rings (SSSR count). The smallest absolute Gasteiger partial charge is 0.246 e. The maximum absolute atomic E-state index is 15.7. The number of nitrogens with zero attached hydrogens (tertiary/aromatic N) is 5. The summed E-state index contributed by atoms with van der Waals surface area (Å²) >= 11 is 0. The first kappa shape index (κ1) is 97.6. The van der Waals surface area contributed by atoms with E-state index in [1.807, 2.05) is 44.2 Å². The first-order valence-corrected chi connectivity index (χ1v) is 42.8. The van der Waals surface area contributed by atoms with E-state index in [1.54, 1.807) is 58.3 Å². The summed E-state index contributed by atoms with van der Waals surface area (Å²) < 4.78 is 0. The van der Waals surface area contributed by atoms with Crippen molar-refractivity contribution in [2.75, 3.05) is 60.4 Å². The number of rotatable bonds is 21. The Morgan fingerprint density at radius 3 is 1.64 bits per heavy atom. The second-order valence-corrected chi connectivity index (χ2v) is 33.5. The van der Waals surface area contributed by atoms with E-state index in [1.165, 1.54) is 62.1 Å². The number of fused-ring (bicyclic) bond motifs is 4. The van der Waals surface area contributed by atoms with Gasteiger partial charge in [-0.1, -0.05) is 116 Å². The molecule has 0 aliphatic carbocycles. The van der Waals surface area contributed by atoms with Crippen molar-refractivity contribution < 1.29 is 86.9 Å². The van der Waals surface area contributed by atoms with Crippen LogP contribution in [0.2, 0.25) is 0 Å². The van der Waals surface area contributed by atoms with Crippen molar-refractivity contribution in [1.29, 1.82) is 0 Å². The van der Waals surface area contributed by atoms with E-state index < -0.39 is 211 Å².